The van der Waals surface area contributed by atoms with Crippen LogP contribution in [0, 0.1) is 0 Å². The van der Waals surface area contributed by atoms with E-state index in [1.54, 1.807) is 13.0 Å². The van der Waals surface area contributed by atoms with Gasteiger partial charge < -0.3 is 19.7 Å². The Bertz CT molecular complexity index is 1130. The molecular weight excluding hydrogens is 442 g/mol. The predicted molar refractivity (Wildman–Crippen MR) is 126 cm³/mol. The van der Waals surface area contributed by atoms with E-state index in [2.05, 4.69) is 16.3 Å². The van der Waals surface area contributed by atoms with Gasteiger partial charge in [0.1, 0.15) is 11.5 Å². The molecule has 2 aromatic carbocycles. The lowest BCUT2D eigenvalue weighted by molar-refractivity contribution is -0.122. The number of carbonyl (C=O) groups excluding carboxylic acids is 1. The number of fused-ring (bicyclic) bond motifs is 1. The van der Waals surface area contributed by atoms with Crippen molar-refractivity contribution in [1.29, 1.82) is 0 Å². The summed E-state index contributed by atoms with van der Waals surface area (Å²) in [6.07, 6.45) is 2.48. The Hall–Kier alpha value is -2.62. The van der Waals surface area contributed by atoms with Gasteiger partial charge in [0.05, 0.1) is 17.7 Å². The molecule has 9 heteroatoms. The van der Waals surface area contributed by atoms with Crippen molar-refractivity contribution in [3.63, 3.8) is 0 Å². The van der Waals surface area contributed by atoms with E-state index in [0.717, 1.165) is 19.3 Å². The van der Waals surface area contributed by atoms with Gasteiger partial charge in [0, 0.05) is 26.2 Å². The average molecular weight is 474 g/mol. The SMILES string of the molecule is COc1ccc(S(=O)(=O)N2CCN(C)CC2)cc1NC(=O)C(C)Oc1ccc2c(c1)CCC2. The van der Waals surface area contributed by atoms with E-state index in [4.69, 9.17) is 9.47 Å². The third-order valence-corrected chi connectivity index (χ3v) is 8.18. The molecule has 178 valence electrons. The zero-order valence-corrected chi connectivity index (χ0v) is 20.2. The molecule has 1 atom stereocenters. The highest BCUT2D eigenvalue weighted by Crippen LogP contribution is 2.30. The maximum atomic E-state index is 13.1. The maximum Gasteiger partial charge on any atom is 0.265 e. The topological polar surface area (TPSA) is 88.2 Å². The summed E-state index contributed by atoms with van der Waals surface area (Å²) in [5.41, 5.74) is 2.90. The fourth-order valence-corrected chi connectivity index (χ4v) is 5.69. The Kier molecular flexibility index (Phi) is 6.92. The number of hydrogen-bond donors (Lipinski definition) is 1. The van der Waals surface area contributed by atoms with E-state index in [9.17, 15) is 13.2 Å². The first-order valence-corrected chi connectivity index (χ1v) is 12.7. The van der Waals surface area contributed by atoms with Gasteiger partial charge in [-0.05, 0) is 74.7 Å². The maximum absolute atomic E-state index is 13.1. The molecule has 1 saturated heterocycles. The fraction of sp³-hybridized carbons (Fsp3) is 0.458. The summed E-state index contributed by atoms with van der Waals surface area (Å²) >= 11 is 0. The minimum Gasteiger partial charge on any atom is -0.495 e. The number of benzene rings is 2. The van der Waals surface area contributed by atoms with E-state index in [1.807, 2.05) is 19.2 Å². The van der Waals surface area contributed by atoms with Gasteiger partial charge in [0.2, 0.25) is 10.0 Å². The number of piperazine rings is 1. The average Bonchev–Trinajstić information content (AvgIpc) is 3.27. The number of likely N-dealkylation sites (N-methyl/N-ethyl adjacent to an activating group) is 1. The third kappa shape index (κ3) is 5.15. The van der Waals surface area contributed by atoms with Crippen LogP contribution in [0.5, 0.6) is 11.5 Å². The molecule has 0 saturated carbocycles. The van der Waals surface area contributed by atoms with Crippen LogP contribution in [0.15, 0.2) is 41.3 Å². The van der Waals surface area contributed by atoms with Crippen LogP contribution < -0.4 is 14.8 Å². The second-order valence-electron chi connectivity index (χ2n) is 8.60. The van der Waals surface area contributed by atoms with Crippen molar-refractivity contribution < 1.29 is 22.7 Å². The highest BCUT2D eigenvalue weighted by atomic mass is 32.2. The Labute approximate surface area is 195 Å². The van der Waals surface area contributed by atoms with Gasteiger partial charge in [-0.15, -0.1) is 0 Å². The summed E-state index contributed by atoms with van der Waals surface area (Å²) in [5.74, 6) is 0.644. The molecule has 0 radical (unpaired) electrons. The molecule has 1 fully saturated rings. The van der Waals surface area contributed by atoms with Gasteiger partial charge >= 0.3 is 0 Å². The van der Waals surface area contributed by atoms with E-state index in [-0.39, 0.29) is 10.8 Å². The Morgan fingerprint density at radius 1 is 1.03 bits per heavy atom. The first kappa shape index (κ1) is 23.5. The molecule has 1 N–H and O–H groups in total. The van der Waals surface area contributed by atoms with Crippen molar-refractivity contribution in [3.05, 3.63) is 47.5 Å². The molecule has 8 nitrogen and oxygen atoms in total. The van der Waals surface area contributed by atoms with E-state index >= 15 is 0 Å². The third-order valence-electron chi connectivity index (χ3n) is 6.28. The number of methoxy groups -OCH3 is 1. The molecule has 0 spiro atoms. The lowest BCUT2D eigenvalue weighted by Gasteiger charge is -2.31. The number of amides is 1. The molecule has 33 heavy (non-hydrogen) atoms. The number of rotatable bonds is 7. The molecule has 1 aliphatic carbocycles. The summed E-state index contributed by atoms with van der Waals surface area (Å²) in [6.45, 7) is 3.88. The fourth-order valence-electron chi connectivity index (χ4n) is 4.24. The molecule has 0 bridgehead atoms. The van der Waals surface area contributed by atoms with Crippen molar-refractivity contribution in [1.82, 2.24) is 9.21 Å². The zero-order valence-electron chi connectivity index (χ0n) is 19.3. The van der Waals surface area contributed by atoms with Gasteiger partial charge in [-0.25, -0.2) is 8.42 Å². The highest BCUT2D eigenvalue weighted by molar-refractivity contribution is 7.89. The predicted octanol–water partition coefficient (Wildman–Crippen LogP) is 2.53. The number of carbonyl (C=O) groups is 1. The molecule has 0 aromatic heterocycles. The first-order chi connectivity index (χ1) is 15.8. The second-order valence-corrected chi connectivity index (χ2v) is 10.5. The van der Waals surface area contributed by atoms with Crippen molar-refractivity contribution in [3.8, 4) is 11.5 Å². The quantitative estimate of drug-likeness (QED) is 0.665. The molecule has 1 amide bonds. The highest BCUT2D eigenvalue weighted by Gasteiger charge is 2.28. The monoisotopic (exact) mass is 473 g/mol. The first-order valence-electron chi connectivity index (χ1n) is 11.2. The number of hydrogen-bond acceptors (Lipinski definition) is 6. The van der Waals surface area contributed by atoms with Crippen LogP contribution in [0.2, 0.25) is 0 Å². The van der Waals surface area contributed by atoms with Crippen LogP contribution >= 0.6 is 0 Å². The van der Waals surface area contributed by atoms with Crippen LogP contribution in [-0.4, -0.2) is 70.0 Å². The van der Waals surface area contributed by atoms with Crippen LogP contribution in [0.3, 0.4) is 0 Å². The minimum absolute atomic E-state index is 0.121. The number of sulfonamides is 1. The van der Waals surface area contributed by atoms with E-state index in [0.29, 0.717) is 43.4 Å². The minimum atomic E-state index is -3.67. The van der Waals surface area contributed by atoms with Crippen LogP contribution in [0.4, 0.5) is 5.69 Å². The number of ether oxygens (including phenoxy) is 2. The largest absolute Gasteiger partial charge is 0.495 e. The van der Waals surface area contributed by atoms with Gasteiger partial charge in [0.25, 0.3) is 5.91 Å². The van der Waals surface area contributed by atoms with Crippen LogP contribution in [0.25, 0.3) is 0 Å². The number of nitrogens with one attached hydrogen (secondary N) is 1. The van der Waals surface area contributed by atoms with Crippen LogP contribution in [0.1, 0.15) is 24.5 Å². The van der Waals surface area contributed by atoms with Gasteiger partial charge in [-0.3, -0.25) is 4.79 Å². The normalized spacial score (nSPS) is 17.9. The molecule has 1 heterocycles. The lowest BCUT2D eigenvalue weighted by Crippen LogP contribution is -2.47. The second kappa shape index (κ2) is 9.70. The molecular formula is C24H31N3O5S. The smallest absolute Gasteiger partial charge is 0.265 e. The summed E-state index contributed by atoms with van der Waals surface area (Å²) in [5, 5.41) is 2.78. The molecule has 4 rings (SSSR count). The zero-order chi connectivity index (χ0) is 23.6. The van der Waals surface area contributed by atoms with Crippen molar-refractivity contribution in [2.24, 2.45) is 0 Å². The van der Waals surface area contributed by atoms with Gasteiger partial charge in [-0.1, -0.05) is 6.07 Å². The summed E-state index contributed by atoms with van der Waals surface area (Å²) in [7, 11) is -0.229. The molecule has 1 aliphatic heterocycles. The summed E-state index contributed by atoms with van der Waals surface area (Å²) < 4.78 is 38.9. The number of nitrogens with zero attached hydrogens (tertiary/aromatic N) is 2. The number of anilines is 1. The summed E-state index contributed by atoms with van der Waals surface area (Å²) in [4.78, 5) is 15.1. The molecule has 2 aromatic rings. The van der Waals surface area contributed by atoms with E-state index < -0.39 is 16.1 Å². The van der Waals surface area contributed by atoms with Crippen molar-refractivity contribution in [2.45, 2.75) is 37.2 Å². The number of aryl methyl sites for hydroxylation is 2. The van der Waals surface area contributed by atoms with Crippen molar-refractivity contribution >= 4 is 21.6 Å². The van der Waals surface area contributed by atoms with Crippen LogP contribution in [-0.2, 0) is 27.7 Å². The van der Waals surface area contributed by atoms with Gasteiger partial charge in [0.15, 0.2) is 6.10 Å². The molecule has 1 unspecified atom stereocenters. The standard InChI is InChI=1S/C24H31N3O5S/c1-17(32-20-8-7-18-5-4-6-19(18)15-20)24(28)25-22-16-21(9-10-23(22)31-3)33(29,30)27-13-11-26(2)12-14-27/h7-10,15-17H,4-6,11-14H2,1-3H3,(H,25,28). The van der Waals surface area contributed by atoms with Gasteiger partial charge in [-0.2, -0.15) is 4.31 Å². The summed E-state index contributed by atoms with van der Waals surface area (Å²) in [6, 6.07) is 10.5. The van der Waals surface area contributed by atoms with Crippen molar-refractivity contribution in [2.75, 3.05) is 45.7 Å². The Morgan fingerprint density at radius 3 is 2.48 bits per heavy atom. The van der Waals surface area contributed by atoms with E-state index in [1.165, 1.54) is 34.7 Å². The molecule has 2 aliphatic rings. The lowest BCUT2D eigenvalue weighted by atomic mass is 10.1. The Morgan fingerprint density at radius 2 is 1.76 bits per heavy atom. The Balaban J connectivity index is 1.49.